The van der Waals surface area contributed by atoms with Crippen LogP contribution in [0.1, 0.15) is 19.0 Å². The van der Waals surface area contributed by atoms with E-state index in [4.69, 9.17) is 0 Å². The number of rotatable bonds is 3. The highest BCUT2D eigenvalue weighted by molar-refractivity contribution is 5.85. The Hall–Kier alpha value is -1.18. The van der Waals surface area contributed by atoms with Gasteiger partial charge in [-0.2, -0.15) is 0 Å². The molecule has 1 aliphatic rings. The molecule has 2 unspecified atom stereocenters. The van der Waals surface area contributed by atoms with Crippen LogP contribution in [-0.4, -0.2) is 10.8 Å². The molecule has 2 nitrogen and oxygen atoms in total. The summed E-state index contributed by atoms with van der Waals surface area (Å²) in [6.45, 7) is 2.13. The van der Waals surface area contributed by atoms with E-state index >= 15 is 0 Å². The van der Waals surface area contributed by atoms with Gasteiger partial charge in [-0.1, -0.05) is 13.0 Å². The van der Waals surface area contributed by atoms with Gasteiger partial charge < -0.3 is 0 Å². The molecule has 1 aromatic heterocycles. The molecule has 0 radical (unpaired) electrons. The molecule has 2 atom stereocenters. The number of Topliss-reactive ketones (excluding diaryl/α,β-unsaturated/α-hetero) is 1. The molecule has 0 bridgehead atoms. The van der Waals surface area contributed by atoms with E-state index in [1.807, 2.05) is 18.2 Å². The molecule has 0 spiro atoms. The molecule has 1 aliphatic carbocycles. The largest absolute Gasteiger partial charge is 0.299 e. The molecule has 13 heavy (non-hydrogen) atoms. The van der Waals surface area contributed by atoms with Gasteiger partial charge in [0.05, 0.1) is 0 Å². The van der Waals surface area contributed by atoms with Crippen LogP contribution in [0.5, 0.6) is 0 Å². The number of pyridine rings is 1. The summed E-state index contributed by atoms with van der Waals surface area (Å²) in [5.41, 5.74) is 0.895. The van der Waals surface area contributed by atoms with Crippen LogP contribution in [0.25, 0.3) is 0 Å². The molecule has 1 saturated carbocycles. The normalized spacial score (nSPS) is 25.6. The van der Waals surface area contributed by atoms with Crippen LogP contribution in [0, 0.1) is 11.8 Å². The molecule has 1 aromatic rings. The lowest BCUT2D eigenvalue weighted by atomic mass is 10.1. The van der Waals surface area contributed by atoms with Crippen LogP contribution >= 0.6 is 0 Å². The van der Waals surface area contributed by atoms with Crippen LogP contribution < -0.4 is 0 Å². The Bertz CT molecular complexity index is 307. The third-order valence-electron chi connectivity index (χ3n) is 2.60. The first-order chi connectivity index (χ1) is 6.27. The Morgan fingerprint density at radius 2 is 2.38 bits per heavy atom. The van der Waals surface area contributed by atoms with Crippen molar-refractivity contribution in [2.45, 2.75) is 19.8 Å². The van der Waals surface area contributed by atoms with E-state index < -0.39 is 0 Å². The molecule has 0 N–H and O–H groups in total. The minimum absolute atomic E-state index is 0.321. The summed E-state index contributed by atoms with van der Waals surface area (Å²) in [6, 6.07) is 5.70. The maximum absolute atomic E-state index is 11.5. The zero-order chi connectivity index (χ0) is 9.26. The summed E-state index contributed by atoms with van der Waals surface area (Å²) < 4.78 is 0. The Morgan fingerprint density at radius 3 is 2.92 bits per heavy atom. The Balaban J connectivity index is 1.95. The molecule has 68 valence electrons. The molecule has 2 rings (SSSR count). The fraction of sp³-hybridized carbons (Fsp3) is 0.455. The van der Waals surface area contributed by atoms with Crippen LogP contribution in [0.2, 0.25) is 0 Å². The van der Waals surface area contributed by atoms with Crippen molar-refractivity contribution >= 4 is 5.78 Å². The fourth-order valence-corrected chi connectivity index (χ4v) is 1.58. The Kier molecular flexibility index (Phi) is 2.13. The lowest BCUT2D eigenvalue weighted by molar-refractivity contribution is -0.119. The van der Waals surface area contributed by atoms with E-state index in [9.17, 15) is 4.79 Å². The minimum atomic E-state index is 0.321. The van der Waals surface area contributed by atoms with Crippen LogP contribution in [0.4, 0.5) is 0 Å². The number of carbonyl (C=O) groups is 1. The van der Waals surface area contributed by atoms with E-state index in [0.29, 0.717) is 24.0 Å². The van der Waals surface area contributed by atoms with Gasteiger partial charge in [-0.05, 0) is 24.5 Å². The van der Waals surface area contributed by atoms with E-state index in [-0.39, 0.29) is 0 Å². The zero-order valence-corrected chi connectivity index (χ0v) is 7.73. The smallest absolute Gasteiger partial charge is 0.142 e. The highest BCUT2D eigenvalue weighted by Gasteiger charge is 2.38. The van der Waals surface area contributed by atoms with Gasteiger partial charge in [-0.15, -0.1) is 0 Å². The molecule has 2 heteroatoms. The summed E-state index contributed by atoms with van der Waals surface area (Å²) in [5.74, 6) is 1.28. The van der Waals surface area contributed by atoms with Gasteiger partial charge in [-0.3, -0.25) is 9.78 Å². The lowest BCUT2D eigenvalue weighted by Gasteiger charge is -1.97. The number of ketones is 1. The zero-order valence-electron chi connectivity index (χ0n) is 7.73. The first-order valence-corrected chi connectivity index (χ1v) is 4.70. The topological polar surface area (TPSA) is 30.0 Å². The first kappa shape index (κ1) is 8.42. The average molecular weight is 175 g/mol. The first-order valence-electron chi connectivity index (χ1n) is 4.70. The molecule has 0 aromatic carbocycles. The standard InChI is InChI=1S/C11H13NO/c1-8-6-10(8)11(13)7-9-4-2-3-5-12-9/h2-5,8,10H,6-7H2,1H3. The fourth-order valence-electron chi connectivity index (χ4n) is 1.58. The quantitative estimate of drug-likeness (QED) is 0.701. The van der Waals surface area contributed by atoms with E-state index in [0.717, 1.165) is 12.1 Å². The summed E-state index contributed by atoms with van der Waals surface area (Å²) in [4.78, 5) is 15.7. The highest BCUT2D eigenvalue weighted by atomic mass is 16.1. The number of nitrogens with zero attached hydrogens (tertiary/aromatic N) is 1. The molecule has 0 aliphatic heterocycles. The van der Waals surface area contributed by atoms with Crippen LogP contribution in [-0.2, 0) is 11.2 Å². The van der Waals surface area contributed by atoms with Crippen molar-refractivity contribution in [3.63, 3.8) is 0 Å². The molecule has 0 amide bonds. The molecular formula is C11H13NO. The summed E-state index contributed by atoms with van der Waals surface area (Å²) in [6.07, 6.45) is 3.32. The number of aromatic nitrogens is 1. The second-order valence-corrected chi connectivity index (χ2v) is 3.78. The van der Waals surface area contributed by atoms with E-state index in [1.54, 1.807) is 6.20 Å². The maximum Gasteiger partial charge on any atom is 0.142 e. The van der Waals surface area contributed by atoms with Crippen molar-refractivity contribution in [2.24, 2.45) is 11.8 Å². The van der Waals surface area contributed by atoms with Crippen LogP contribution in [0.3, 0.4) is 0 Å². The van der Waals surface area contributed by atoms with Gasteiger partial charge in [0, 0.05) is 24.2 Å². The van der Waals surface area contributed by atoms with Crippen molar-refractivity contribution in [2.75, 3.05) is 0 Å². The summed E-state index contributed by atoms with van der Waals surface area (Å²) in [5, 5.41) is 0. The van der Waals surface area contributed by atoms with Crippen molar-refractivity contribution < 1.29 is 4.79 Å². The van der Waals surface area contributed by atoms with Crippen molar-refractivity contribution in [1.29, 1.82) is 0 Å². The van der Waals surface area contributed by atoms with Gasteiger partial charge in [0.2, 0.25) is 0 Å². The van der Waals surface area contributed by atoms with Crippen molar-refractivity contribution in [1.82, 2.24) is 4.98 Å². The monoisotopic (exact) mass is 175 g/mol. The third-order valence-corrected chi connectivity index (χ3v) is 2.60. The lowest BCUT2D eigenvalue weighted by Crippen LogP contribution is -2.07. The maximum atomic E-state index is 11.5. The number of carbonyl (C=O) groups excluding carboxylic acids is 1. The average Bonchev–Trinajstić information content (AvgIpc) is 2.84. The molecule has 0 saturated heterocycles. The second kappa shape index (κ2) is 3.29. The van der Waals surface area contributed by atoms with Gasteiger partial charge in [0.1, 0.15) is 5.78 Å². The van der Waals surface area contributed by atoms with Gasteiger partial charge in [0.15, 0.2) is 0 Å². The predicted molar refractivity (Wildman–Crippen MR) is 50.2 cm³/mol. The molecule has 1 fully saturated rings. The van der Waals surface area contributed by atoms with Crippen molar-refractivity contribution in [3.05, 3.63) is 30.1 Å². The minimum Gasteiger partial charge on any atom is -0.299 e. The predicted octanol–water partition coefficient (Wildman–Crippen LogP) is 1.85. The van der Waals surface area contributed by atoms with Gasteiger partial charge >= 0.3 is 0 Å². The third kappa shape index (κ3) is 1.94. The Labute approximate surface area is 78.0 Å². The van der Waals surface area contributed by atoms with E-state index in [2.05, 4.69) is 11.9 Å². The number of hydrogen-bond donors (Lipinski definition) is 0. The second-order valence-electron chi connectivity index (χ2n) is 3.78. The molecular weight excluding hydrogens is 162 g/mol. The molecule has 1 heterocycles. The Morgan fingerprint density at radius 1 is 1.62 bits per heavy atom. The highest BCUT2D eigenvalue weighted by Crippen LogP contribution is 2.38. The summed E-state index contributed by atoms with van der Waals surface area (Å²) in [7, 11) is 0. The number of hydrogen-bond acceptors (Lipinski definition) is 2. The van der Waals surface area contributed by atoms with Gasteiger partial charge in [-0.25, -0.2) is 0 Å². The van der Waals surface area contributed by atoms with E-state index in [1.165, 1.54) is 0 Å². The SMILES string of the molecule is CC1CC1C(=O)Cc1ccccn1. The summed E-state index contributed by atoms with van der Waals surface area (Å²) >= 11 is 0. The van der Waals surface area contributed by atoms with Gasteiger partial charge in [0.25, 0.3) is 0 Å². The van der Waals surface area contributed by atoms with Crippen LogP contribution in [0.15, 0.2) is 24.4 Å². The van der Waals surface area contributed by atoms with Crippen molar-refractivity contribution in [3.8, 4) is 0 Å².